The molecule has 0 fully saturated rings. The number of ether oxygens (including phenoxy) is 1. The molecule has 0 aromatic carbocycles. The van der Waals surface area contributed by atoms with Gasteiger partial charge in [0.25, 0.3) is 0 Å². The van der Waals surface area contributed by atoms with Gasteiger partial charge in [-0.2, -0.15) is 0 Å². The van der Waals surface area contributed by atoms with Gasteiger partial charge in [0.1, 0.15) is 17.9 Å². The Kier molecular flexibility index (Phi) is 2.60. The zero-order valence-corrected chi connectivity index (χ0v) is 7.83. The van der Waals surface area contributed by atoms with Crippen molar-refractivity contribution in [1.82, 2.24) is 0 Å². The number of Topliss-reactive ketones (excluding diaryl/α,β-unsaturated/α-hetero) is 1. The predicted octanol–water partition coefficient (Wildman–Crippen LogP) is 0.776. The molecule has 1 aliphatic rings. The lowest BCUT2D eigenvalue weighted by Crippen LogP contribution is -2.24. The van der Waals surface area contributed by atoms with Gasteiger partial charge in [0.2, 0.25) is 0 Å². The largest absolute Gasteiger partial charge is 0.512 e. The monoisotopic (exact) mass is 198 g/mol. The van der Waals surface area contributed by atoms with E-state index in [1.165, 1.54) is 6.92 Å². The minimum atomic E-state index is -0.861. The number of ketones is 1. The number of carbonyl (C=O) groups is 2. The Hall–Kier alpha value is -1.78. The molecule has 1 rings (SSSR count). The lowest BCUT2D eigenvalue weighted by molar-refractivity contribution is -0.140. The van der Waals surface area contributed by atoms with E-state index in [-0.39, 0.29) is 17.9 Å². The van der Waals surface area contributed by atoms with Crippen molar-refractivity contribution in [3.8, 4) is 0 Å². The number of cyclic esters (lactones) is 1. The van der Waals surface area contributed by atoms with Crippen LogP contribution in [0.15, 0.2) is 22.7 Å². The maximum Gasteiger partial charge on any atom is 0.345 e. The van der Waals surface area contributed by atoms with E-state index in [0.717, 1.165) is 6.92 Å². The van der Waals surface area contributed by atoms with E-state index in [1.807, 2.05) is 0 Å². The minimum Gasteiger partial charge on any atom is -0.512 e. The van der Waals surface area contributed by atoms with Gasteiger partial charge >= 0.3 is 5.97 Å². The second-order valence-electron chi connectivity index (χ2n) is 2.92. The summed E-state index contributed by atoms with van der Waals surface area (Å²) in [6.07, 6.45) is 0. The highest BCUT2D eigenvalue weighted by Crippen LogP contribution is 2.22. The van der Waals surface area contributed by atoms with Crippen LogP contribution >= 0.6 is 0 Å². The smallest absolute Gasteiger partial charge is 0.345 e. The normalized spacial score (nSPS) is 20.6. The Bertz CT molecular complexity index is 357. The SMILES string of the molecule is CC(=O)C1=C(O)C(=C(C)O)COC1=O. The zero-order valence-electron chi connectivity index (χ0n) is 7.83. The van der Waals surface area contributed by atoms with Crippen LogP contribution in [0.25, 0.3) is 0 Å². The number of aliphatic hydroxyl groups excluding tert-OH is 2. The molecule has 0 spiro atoms. The molecule has 0 aromatic rings. The first-order valence-corrected chi connectivity index (χ1v) is 3.95. The van der Waals surface area contributed by atoms with E-state index in [2.05, 4.69) is 4.74 Å². The summed E-state index contributed by atoms with van der Waals surface area (Å²) in [5.74, 6) is -2.12. The molecule has 0 amide bonds. The van der Waals surface area contributed by atoms with Crippen molar-refractivity contribution in [2.75, 3.05) is 6.61 Å². The number of allylic oxidation sites excluding steroid dienone is 1. The van der Waals surface area contributed by atoms with E-state index in [1.54, 1.807) is 0 Å². The molecule has 5 heteroatoms. The zero-order chi connectivity index (χ0) is 10.9. The Morgan fingerprint density at radius 3 is 2.43 bits per heavy atom. The third-order valence-electron chi connectivity index (χ3n) is 1.86. The highest BCUT2D eigenvalue weighted by Gasteiger charge is 2.29. The molecular formula is C9H10O5. The van der Waals surface area contributed by atoms with Crippen LogP contribution in [0.1, 0.15) is 13.8 Å². The van der Waals surface area contributed by atoms with Gasteiger partial charge in [0.05, 0.1) is 11.3 Å². The van der Waals surface area contributed by atoms with Crippen molar-refractivity contribution in [1.29, 1.82) is 0 Å². The van der Waals surface area contributed by atoms with Crippen molar-refractivity contribution in [2.24, 2.45) is 0 Å². The molecule has 0 unspecified atom stereocenters. The summed E-state index contributed by atoms with van der Waals surface area (Å²) in [5.41, 5.74) is -0.352. The third-order valence-corrected chi connectivity index (χ3v) is 1.86. The molecule has 0 aliphatic carbocycles. The van der Waals surface area contributed by atoms with Gasteiger partial charge in [-0.15, -0.1) is 0 Å². The van der Waals surface area contributed by atoms with Crippen LogP contribution in [0.5, 0.6) is 0 Å². The van der Waals surface area contributed by atoms with Gasteiger partial charge in [-0.1, -0.05) is 0 Å². The molecule has 0 aromatic heterocycles. The first-order valence-electron chi connectivity index (χ1n) is 3.95. The fraction of sp³-hybridized carbons (Fsp3) is 0.333. The van der Waals surface area contributed by atoms with E-state index >= 15 is 0 Å². The molecular weight excluding hydrogens is 188 g/mol. The second-order valence-corrected chi connectivity index (χ2v) is 2.92. The number of hydrogen-bond acceptors (Lipinski definition) is 5. The molecule has 0 radical (unpaired) electrons. The van der Waals surface area contributed by atoms with Crippen LogP contribution in [-0.4, -0.2) is 28.6 Å². The molecule has 2 N–H and O–H groups in total. The van der Waals surface area contributed by atoms with Crippen LogP contribution in [0, 0.1) is 0 Å². The van der Waals surface area contributed by atoms with E-state index in [4.69, 9.17) is 5.11 Å². The van der Waals surface area contributed by atoms with Gasteiger partial charge in [0, 0.05) is 0 Å². The number of carbonyl (C=O) groups excluding carboxylic acids is 2. The summed E-state index contributed by atoms with van der Waals surface area (Å²) >= 11 is 0. The summed E-state index contributed by atoms with van der Waals surface area (Å²) in [6, 6.07) is 0. The Morgan fingerprint density at radius 1 is 1.43 bits per heavy atom. The fourth-order valence-corrected chi connectivity index (χ4v) is 1.11. The van der Waals surface area contributed by atoms with Crippen molar-refractivity contribution in [3.63, 3.8) is 0 Å². The van der Waals surface area contributed by atoms with Crippen LogP contribution in [0.3, 0.4) is 0 Å². The summed E-state index contributed by atoms with van der Waals surface area (Å²) in [7, 11) is 0. The Balaban J connectivity index is 3.32. The number of aliphatic hydroxyl groups is 2. The van der Waals surface area contributed by atoms with Gasteiger partial charge in [-0.05, 0) is 13.8 Å². The standard InChI is InChI=1S/C9H10O5/c1-4(10)6-3-14-9(13)7(5(2)11)8(6)12/h10,12H,3H2,1-2H3. The fourth-order valence-electron chi connectivity index (χ4n) is 1.11. The molecule has 1 heterocycles. The maximum absolute atomic E-state index is 11.0. The van der Waals surface area contributed by atoms with Crippen molar-refractivity contribution in [3.05, 3.63) is 22.7 Å². The lowest BCUT2D eigenvalue weighted by Gasteiger charge is -2.17. The molecule has 0 atom stereocenters. The molecule has 1 aliphatic heterocycles. The highest BCUT2D eigenvalue weighted by molar-refractivity contribution is 6.17. The molecule has 5 nitrogen and oxygen atoms in total. The maximum atomic E-state index is 11.0. The van der Waals surface area contributed by atoms with E-state index in [9.17, 15) is 14.7 Å². The van der Waals surface area contributed by atoms with Gasteiger partial charge in [0.15, 0.2) is 5.78 Å². The van der Waals surface area contributed by atoms with Gasteiger partial charge in [-0.25, -0.2) is 4.79 Å². The summed E-state index contributed by atoms with van der Waals surface area (Å²) in [6.45, 7) is 2.26. The van der Waals surface area contributed by atoms with Crippen molar-refractivity contribution < 1.29 is 24.5 Å². The van der Waals surface area contributed by atoms with Crippen LogP contribution in [-0.2, 0) is 14.3 Å². The first-order chi connectivity index (χ1) is 6.45. The molecule has 0 bridgehead atoms. The third kappa shape index (κ3) is 1.61. The Labute approximate surface area is 80.3 Å². The average Bonchev–Trinajstić information content (AvgIpc) is 2.02. The average molecular weight is 198 g/mol. The minimum absolute atomic E-state index is 0.0646. The second kappa shape index (κ2) is 3.53. The number of esters is 1. The van der Waals surface area contributed by atoms with Gasteiger partial charge in [-0.3, -0.25) is 4.79 Å². The van der Waals surface area contributed by atoms with Crippen LogP contribution in [0.4, 0.5) is 0 Å². The quantitative estimate of drug-likeness (QED) is 0.369. The number of hydrogen-bond donors (Lipinski definition) is 2. The van der Waals surface area contributed by atoms with E-state index < -0.39 is 23.1 Å². The molecule has 76 valence electrons. The highest BCUT2D eigenvalue weighted by atomic mass is 16.5. The Morgan fingerprint density at radius 2 is 2.00 bits per heavy atom. The topological polar surface area (TPSA) is 83.8 Å². The number of rotatable bonds is 1. The van der Waals surface area contributed by atoms with Crippen molar-refractivity contribution in [2.45, 2.75) is 13.8 Å². The van der Waals surface area contributed by atoms with Crippen molar-refractivity contribution >= 4 is 11.8 Å². The first kappa shape index (κ1) is 10.3. The molecule has 14 heavy (non-hydrogen) atoms. The lowest BCUT2D eigenvalue weighted by atomic mass is 10.0. The molecule has 0 saturated heterocycles. The summed E-state index contributed by atoms with van der Waals surface area (Å²) < 4.78 is 4.60. The van der Waals surface area contributed by atoms with E-state index in [0.29, 0.717) is 0 Å². The predicted molar refractivity (Wildman–Crippen MR) is 46.6 cm³/mol. The summed E-state index contributed by atoms with van der Waals surface area (Å²) in [5, 5.41) is 18.6. The van der Waals surface area contributed by atoms with Crippen LogP contribution < -0.4 is 0 Å². The summed E-state index contributed by atoms with van der Waals surface area (Å²) in [4.78, 5) is 22.0. The van der Waals surface area contributed by atoms with Gasteiger partial charge < -0.3 is 14.9 Å². The molecule has 0 saturated carbocycles. The van der Waals surface area contributed by atoms with Crippen LogP contribution in [0.2, 0.25) is 0 Å².